The van der Waals surface area contributed by atoms with Gasteiger partial charge < -0.3 is 15.3 Å². The third kappa shape index (κ3) is 2.58. The van der Waals surface area contributed by atoms with Gasteiger partial charge >= 0.3 is 12.0 Å². The molecule has 0 bridgehead atoms. The highest BCUT2D eigenvalue weighted by molar-refractivity contribution is 9.10. The van der Waals surface area contributed by atoms with E-state index in [2.05, 4.69) is 21.2 Å². The maximum absolute atomic E-state index is 11.9. The fourth-order valence-corrected chi connectivity index (χ4v) is 2.46. The van der Waals surface area contributed by atoms with E-state index in [0.29, 0.717) is 6.54 Å². The molecule has 0 aliphatic carbocycles. The Balaban J connectivity index is 2.23. The van der Waals surface area contributed by atoms with Gasteiger partial charge in [0, 0.05) is 11.0 Å². The highest BCUT2D eigenvalue weighted by atomic mass is 79.9. The summed E-state index contributed by atoms with van der Waals surface area (Å²) in [7, 11) is 0. The number of carbonyl (C=O) groups excluding carboxylic acids is 1. The molecule has 1 aromatic rings. The molecule has 0 aromatic heterocycles. The Morgan fingerprint density at radius 2 is 2.21 bits per heavy atom. The summed E-state index contributed by atoms with van der Waals surface area (Å²) < 4.78 is 0.926. The first-order chi connectivity index (χ1) is 8.82. The summed E-state index contributed by atoms with van der Waals surface area (Å²) in [5, 5.41) is 12.0. The van der Waals surface area contributed by atoms with Gasteiger partial charge in [-0.3, -0.25) is 0 Å². The topological polar surface area (TPSA) is 69.6 Å². The molecule has 1 atom stereocenters. The fourth-order valence-electron chi connectivity index (χ4n) is 2.05. The normalized spacial score (nSPS) is 19.4. The molecule has 0 saturated carbocycles. The largest absolute Gasteiger partial charge is 0.480 e. The van der Waals surface area contributed by atoms with Crippen molar-refractivity contribution >= 4 is 27.9 Å². The molecule has 0 spiro atoms. The molecule has 102 valence electrons. The SMILES string of the molecule is CC(C)(C(=O)O)N1CC(c2cccc(Br)c2)NC1=O. The van der Waals surface area contributed by atoms with Gasteiger partial charge in [-0.15, -0.1) is 0 Å². The standard InChI is InChI=1S/C13H15BrN2O3/c1-13(2,11(17)18)16-7-10(15-12(16)19)8-4-3-5-9(14)6-8/h3-6,10H,7H2,1-2H3,(H,15,19)(H,17,18). The van der Waals surface area contributed by atoms with Gasteiger partial charge in [0.05, 0.1) is 6.04 Å². The number of rotatable bonds is 3. The van der Waals surface area contributed by atoms with Gasteiger partial charge in [0.15, 0.2) is 0 Å². The smallest absolute Gasteiger partial charge is 0.329 e. The Kier molecular flexibility index (Phi) is 3.54. The van der Waals surface area contributed by atoms with Crippen molar-refractivity contribution in [3.05, 3.63) is 34.3 Å². The number of carbonyl (C=O) groups is 2. The second-order valence-electron chi connectivity index (χ2n) is 5.03. The van der Waals surface area contributed by atoms with Crippen LogP contribution in [0, 0.1) is 0 Å². The molecule has 6 heteroatoms. The summed E-state index contributed by atoms with van der Waals surface area (Å²) in [4.78, 5) is 24.5. The molecule has 5 nitrogen and oxygen atoms in total. The number of urea groups is 1. The molecule has 2 rings (SSSR count). The number of carboxylic acids is 1. The van der Waals surface area contributed by atoms with Gasteiger partial charge in [-0.05, 0) is 31.5 Å². The van der Waals surface area contributed by atoms with Crippen LogP contribution in [0.2, 0.25) is 0 Å². The molecule has 1 fully saturated rings. The summed E-state index contributed by atoms with van der Waals surface area (Å²) >= 11 is 3.38. The first-order valence-electron chi connectivity index (χ1n) is 5.89. The van der Waals surface area contributed by atoms with E-state index in [-0.39, 0.29) is 12.1 Å². The number of halogens is 1. The lowest BCUT2D eigenvalue weighted by Gasteiger charge is -2.30. The van der Waals surface area contributed by atoms with E-state index >= 15 is 0 Å². The van der Waals surface area contributed by atoms with Crippen molar-refractivity contribution in [1.82, 2.24) is 10.2 Å². The monoisotopic (exact) mass is 326 g/mol. The Morgan fingerprint density at radius 1 is 1.53 bits per heavy atom. The van der Waals surface area contributed by atoms with Crippen molar-refractivity contribution in [3.8, 4) is 0 Å². The number of nitrogens with one attached hydrogen (secondary N) is 1. The number of aliphatic carboxylic acids is 1. The van der Waals surface area contributed by atoms with Crippen LogP contribution in [0.4, 0.5) is 4.79 Å². The zero-order valence-electron chi connectivity index (χ0n) is 10.7. The third-order valence-corrected chi connectivity index (χ3v) is 3.85. The van der Waals surface area contributed by atoms with Crippen LogP contribution in [0.25, 0.3) is 0 Å². The Morgan fingerprint density at radius 3 is 2.79 bits per heavy atom. The van der Waals surface area contributed by atoms with Crippen molar-refractivity contribution in [3.63, 3.8) is 0 Å². The molecule has 1 aliphatic heterocycles. The molecule has 1 saturated heterocycles. The van der Waals surface area contributed by atoms with Crippen LogP contribution in [-0.4, -0.2) is 34.1 Å². The summed E-state index contributed by atoms with van der Waals surface area (Å²) in [6.45, 7) is 3.39. The van der Waals surface area contributed by atoms with E-state index in [1.807, 2.05) is 24.3 Å². The maximum Gasteiger partial charge on any atom is 0.329 e. The van der Waals surface area contributed by atoms with Crippen molar-refractivity contribution in [2.24, 2.45) is 0 Å². The number of hydrogen-bond acceptors (Lipinski definition) is 2. The summed E-state index contributed by atoms with van der Waals surface area (Å²) in [5.41, 5.74) is -0.267. The van der Waals surface area contributed by atoms with Gasteiger partial charge in [0.25, 0.3) is 0 Å². The van der Waals surface area contributed by atoms with Gasteiger partial charge in [0.2, 0.25) is 0 Å². The Bertz CT molecular complexity index is 530. The van der Waals surface area contributed by atoms with Gasteiger partial charge in [-0.1, -0.05) is 28.1 Å². The second kappa shape index (κ2) is 4.85. The van der Waals surface area contributed by atoms with E-state index in [0.717, 1.165) is 10.0 Å². The molecule has 2 N–H and O–H groups in total. The Labute approximate surface area is 119 Å². The maximum atomic E-state index is 11.9. The first-order valence-corrected chi connectivity index (χ1v) is 6.68. The lowest BCUT2D eigenvalue weighted by atomic mass is 10.0. The van der Waals surface area contributed by atoms with Crippen LogP contribution >= 0.6 is 15.9 Å². The van der Waals surface area contributed by atoms with E-state index in [1.54, 1.807) is 0 Å². The molecule has 1 heterocycles. The number of benzene rings is 1. The molecule has 2 amide bonds. The number of carboxylic acid groups (broad SMARTS) is 1. The van der Waals surface area contributed by atoms with Crippen LogP contribution < -0.4 is 5.32 Å². The van der Waals surface area contributed by atoms with Crippen LogP contribution in [0.15, 0.2) is 28.7 Å². The molecule has 0 radical (unpaired) electrons. The highest BCUT2D eigenvalue weighted by Gasteiger charge is 2.43. The van der Waals surface area contributed by atoms with Gasteiger partial charge in [-0.25, -0.2) is 9.59 Å². The van der Waals surface area contributed by atoms with Crippen molar-refractivity contribution in [1.29, 1.82) is 0 Å². The Hall–Kier alpha value is -1.56. The fraction of sp³-hybridized carbons (Fsp3) is 0.385. The molecule has 1 aromatic carbocycles. The van der Waals surface area contributed by atoms with Crippen molar-refractivity contribution in [2.45, 2.75) is 25.4 Å². The second-order valence-corrected chi connectivity index (χ2v) is 5.95. The van der Waals surface area contributed by atoms with Crippen LogP contribution in [-0.2, 0) is 4.79 Å². The number of nitrogens with zero attached hydrogens (tertiary/aromatic N) is 1. The molecular formula is C13H15BrN2O3. The summed E-state index contributed by atoms with van der Waals surface area (Å²) in [6.07, 6.45) is 0. The van der Waals surface area contributed by atoms with E-state index in [9.17, 15) is 14.7 Å². The van der Waals surface area contributed by atoms with Gasteiger partial charge in [0.1, 0.15) is 5.54 Å². The quantitative estimate of drug-likeness (QED) is 0.895. The van der Waals surface area contributed by atoms with Crippen LogP contribution in [0.1, 0.15) is 25.5 Å². The van der Waals surface area contributed by atoms with E-state index in [1.165, 1.54) is 18.7 Å². The molecular weight excluding hydrogens is 312 g/mol. The lowest BCUT2D eigenvalue weighted by molar-refractivity contribution is -0.147. The predicted molar refractivity (Wildman–Crippen MR) is 73.8 cm³/mol. The van der Waals surface area contributed by atoms with E-state index in [4.69, 9.17) is 0 Å². The predicted octanol–water partition coefficient (Wildman–Crippen LogP) is 2.38. The minimum absolute atomic E-state index is 0.191. The minimum Gasteiger partial charge on any atom is -0.480 e. The van der Waals surface area contributed by atoms with Crippen molar-refractivity contribution < 1.29 is 14.7 Å². The minimum atomic E-state index is -1.22. The number of amides is 2. The highest BCUT2D eigenvalue weighted by Crippen LogP contribution is 2.27. The zero-order valence-corrected chi connectivity index (χ0v) is 12.3. The molecule has 1 unspecified atom stereocenters. The zero-order chi connectivity index (χ0) is 14.2. The summed E-state index contributed by atoms with van der Waals surface area (Å²) in [5.74, 6) is -1.02. The summed E-state index contributed by atoms with van der Waals surface area (Å²) in [6, 6.07) is 7.08. The third-order valence-electron chi connectivity index (χ3n) is 3.36. The average Bonchev–Trinajstić information content (AvgIpc) is 2.72. The average molecular weight is 327 g/mol. The number of hydrogen-bond donors (Lipinski definition) is 2. The van der Waals surface area contributed by atoms with E-state index < -0.39 is 11.5 Å². The van der Waals surface area contributed by atoms with Crippen LogP contribution in [0.5, 0.6) is 0 Å². The molecule has 1 aliphatic rings. The van der Waals surface area contributed by atoms with Crippen LogP contribution in [0.3, 0.4) is 0 Å². The lowest BCUT2D eigenvalue weighted by Crippen LogP contribution is -2.51. The molecule has 19 heavy (non-hydrogen) atoms. The van der Waals surface area contributed by atoms with Gasteiger partial charge in [-0.2, -0.15) is 0 Å². The van der Waals surface area contributed by atoms with Crippen molar-refractivity contribution in [2.75, 3.05) is 6.54 Å². The first kappa shape index (κ1) is 13.9.